The van der Waals surface area contributed by atoms with Crippen LogP contribution in [0.2, 0.25) is 0 Å². The standard InChI is InChI=1S/C24H26N2O4S/c1-19-9-7-12-22(17-19)30-16-6-5-15-24(27)25-20-10-8-11-21(18-20)26-31(28,29)23-13-3-2-4-14-23/h2-4,7-14,17-18,26H,5-6,15-16H2,1H3,(H,25,27). The van der Waals surface area contributed by atoms with E-state index in [-0.39, 0.29) is 10.8 Å². The summed E-state index contributed by atoms with van der Waals surface area (Å²) in [7, 11) is -3.68. The maximum Gasteiger partial charge on any atom is 0.261 e. The molecule has 2 N–H and O–H groups in total. The van der Waals surface area contributed by atoms with Crippen LogP contribution in [-0.2, 0) is 14.8 Å². The number of sulfonamides is 1. The second-order valence-corrected chi connectivity index (χ2v) is 8.85. The molecule has 1 amide bonds. The molecule has 0 fully saturated rings. The predicted molar refractivity (Wildman–Crippen MR) is 123 cm³/mol. The third kappa shape index (κ3) is 7.15. The molecule has 0 spiro atoms. The van der Waals surface area contributed by atoms with Crippen LogP contribution in [0.1, 0.15) is 24.8 Å². The van der Waals surface area contributed by atoms with Crippen molar-refractivity contribution in [1.29, 1.82) is 0 Å². The fourth-order valence-electron chi connectivity index (χ4n) is 2.98. The van der Waals surface area contributed by atoms with E-state index in [1.165, 1.54) is 12.1 Å². The maximum atomic E-state index is 12.4. The highest BCUT2D eigenvalue weighted by Gasteiger charge is 2.13. The van der Waals surface area contributed by atoms with Gasteiger partial charge in [0.25, 0.3) is 10.0 Å². The molecule has 0 aliphatic heterocycles. The Morgan fingerprint density at radius 2 is 1.61 bits per heavy atom. The number of aryl methyl sites for hydroxylation is 1. The summed E-state index contributed by atoms with van der Waals surface area (Å²) in [6.07, 6.45) is 1.81. The van der Waals surface area contributed by atoms with Gasteiger partial charge in [-0.25, -0.2) is 8.42 Å². The molecule has 0 unspecified atom stereocenters. The van der Waals surface area contributed by atoms with Crippen molar-refractivity contribution >= 4 is 27.3 Å². The molecular weight excluding hydrogens is 412 g/mol. The molecule has 3 rings (SSSR count). The Bertz CT molecular complexity index is 1120. The monoisotopic (exact) mass is 438 g/mol. The van der Waals surface area contributed by atoms with Crippen LogP contribution in [0.25, 0.3) is 0 Å². The van der Waals surface area contributed by atoms with Crippen LogP contribution in [-0.4, -0.2) is 20.9 Å². The first-order valence-electron chi connectivity index (χ1n) is 10.1. The number of hydrogen-bond donors (Lipinski definition) is 2. The molecule has 7 heteroatoms. The van der Waals surface area contributed by atoms with Crippen molar-refractivity contribution in [2.75, 3.05) is 16.6 Å². The molecule has 0 bridgehead atoms. The minimum Gasteiger partial charge on any atom is -0.494 e. The highest BCUT2D eigenvalue weighted by atomic mass is 32.2. The molecular formula is C24H26N2O4S. The van der Waals surface area contributed by atoms with E-state index in [1.807, 2.05) is 31.2 Å². The number of rotatable bonds is 10. The Morgan fingerprint density at radius 3 is 2.39 bits per heavy atom. The van der Waals surface area contributed by atoms with Gasteiger partial charge in [-0.1, -0.05) is 36.4 Å². The maximum absolute atomic E-state index is 12.4. The third-order valence-electron chi connectivity index (χ3n) is 4.51. The van der Waals surface area contributed by atoms with E-state index in [2.05, 4.69) is 10.0 Å². The van der Waals surface area contributed by atoms with Gasteiger partial charge in [0.15, 0.2) is 0 Å². The van der Waals surface area contributed by atoms with E-state index in [4.69, 9.17) is 4.74 Å². The lowest BCUT2D eigenvalue weighted by Gasteiger charge is -2.10. The minimum atomic E-state index is -3.68. The van der Waals surface area contributed by atoms with Gasteiger partial charge < -0.3 is 10.1 Å². The Kier molecular flexibility index (Phi) is 7.67. The van der Waals surface area contributed by atoms with E-state index in [9.17, 15) is 13.2 Å². The fourth-order valence-corrected chi connectivity index (χ4v) is 4.05. The van der Waals surface area contributed by atoms with Crippen molar-refractivity contribution in [2.24, 2.45) is 0 Å². The van der Waals surface area contributed by atoms with Crippen LogP contribution in [0.15, 0.2) is 83.8 Å². The zero-order valence-corrected chi connectivity index (χ0v) is 18.2. The number of unbranched alkanes of at least 4 members (excludes halogenated alkanes) is 1. The van der Waals surface area contributed by atoms with Crippen LogP contribution in [0, 0.1) is 6.92 Å². The molecule has 0 heterocycles. The number of carbonyl (C=O) groups excluding carboxylic acids is 1. The minimum absolute atomic E-state index is 0.126. The average Bonchev–Trinajstić information content (AvgIpc) is 2.74. The lowest BCUT2D eigenvalue weighted by molar-refractivity contribution is -0.116. The highest BCUT2D eigenvalue weighted by molar-refractivity contribution is 7.92. The summed E-state index contributed by atoms with van der Waals surface area (Å²) >= 11 is 0. The molecule has 0 atom stereocenters. The van der Waals surface area contributed by atoms with Crippen LogP contribution in [0.3, 0.4) is 0 Å². The zero-order valence-electron chi connectivity index (χ0n) is 17.4. The summed E-state index contributed by atoms with van der Waals surface area (Å²) in [4.78, 5) is 12.4. The number of hydrogen-bond acceptors (Lipinski definition) is 4. The first kappa shape index (κ1) is 22.4. The number of carbonyl (C=O) groups is 1. The van der Waals surface area contributed by atoms with E-state index in [0.29, 0.717) is 30.8 Å². The first-order valence-corrected chi connectivity index (χ1v) is 11.6. The summed E-state index contributed by atoms with van der Waals surface area (Å²) in [5.41, 5.74) is 2.06. The van der Waals surface area contributed by atoms with Crippen molar-refractivity contribution in [2.45, 2.75) is 31.1 Å². The van der Waals surface area contributed by atoms with Gasteiger partial charge in [-0.3, -0.25) is 9.52 Å². The molecule has 3 aromatic rings. The topological polar surface area (TPSA) is 84.5 Å². The summed E-state index contributed by atoms with van der Waals surface area (Å²) in [5.74, 6) is 0.706. The van der Waals surface area contributed by atoms with Crippen LogP contribution >= 0.6 is 0 Å². The number of anilines is 2. The zero-order chi connectivity index (χ0) is 22.1. The number of benzene rings is 3. The Balaban J connectivity index is 1.45. The fraction of sp³-hybridized carbons (Fsp3) is 0.208. The van der Waals surface area contributed by atoms with Crippen molar-refractivity contribution < 1.29 is 17.9 Å². The molecule has 0 radical (unpaired) electrons. The Morgan fingerprint density at radius 1 is 0.871 bits per heavy atom. The predicted octanol–water partition coefficient (Wildman–Crippen LogP) is 4.98. The van der Waals surface area contributed by atoms with Crippen molar-refractivity contribution in [3.63, 3.8) is 0 Å². The van der Waals surface area contributed by atoms with Crippen LogP contribution in [0.4, 0.5) is 11.4 Å². The van der Waals surface area contributed by atoms with Crippen LogP contribution in [0.5, 0.6) is 5.75 Å². The van der Waals surface area contributed by atoms with Crippen molar-refractivity contribution in [3.8, 4) is 5.75 Å². The molecule has 0 aromatic heterocycles. The quantitative estimate of drug-likeness (QED) is 0.437. The average molecular weight is 439 g/mol. The largest absolute Gasteiger partial charge is 0.494 e. The Labute approximate surface area is 183 Å². The molecule has 3 aromatic carbocycles. The number of ether oxygens (including phenoxy) is 1. The first-order chi connectivity index (χ1) is 14.9. The van der Waals surface area contributed by atoms with Gasteiger partial charge in [-0.2, -0.15) is 0 Å². The summed E-state index contributed by atoms with van der Waals surface area (Å²) in [6, 6.07) is 22.6. The summed E-state index contributed by atoms with van der Waals surface area (Å²) < 4.78 is 33.1. The summed E-state index contributed by atoms with van der Waals surface area (Å²) in [5, 5.41) is 2.81. The van der Waals surface area contributed by atoms with Gasteiger partial charge in [0.2, 0.25) is 5.91 Å². The molecule has 162 valence electrons. The van der Waals surface area contributed by atoms with Crippen molar-refractivity contribution in [3.05, 3.63) is 84.4 Å². The smallest absolute Gasteiger partial charge is 0.261 e. The molecule has 0 saturated heterocycles. The van der Waals surface area contributed by atoms with Gasteiger partial charge in [0.05, 0.1) is 17.2 Å². The van der Waals surface area contributed by atoms with Gasteiger partial charge in [-0.15, -0.1) is 0 Å². The van der Waals surface area contributed by atoms with E-state index in [1.54, 1.807) is 42.5 Å². The molecule has 31 heavy (non-hydrogen) atoms. The lowest BCUT2D eigenvalue weighted by atomic mass is 10.2. The van der Waals surface area contributed by atoms with Gasteiger partial charge >= 0.3 is 0 Å². The third-order valence-corrected chi connectivity index (χ3v) is 5.91. The molecule has 6 nitrogen and oxygen atoms in total. The second-order valence-electron chi connectivity index (χ2n) is 7.17. The lowest BCUT2D eigenvalue weighted by Crippen LogP contribution is -2.14. The molecule has 0 aliphatic rings. The highest BCUT2D eigenvalue weighted by Crippen LogP contribution is 2.20. The van der Waals surface area contributed by atoms with E-state index in [0.717, 1.165) is 17.7 Å². The SMILES string of the molecule is Cc1cccc(OCCCCC(=O)Nc2cccc(NS(=O)(=O)c3ccccc3)c2)c1. The van der Waals surface area contributed by atoms with Crippen molar-refractivity contribution in [1.82, 2.24) is 0 Å². The number of nitrogens with one attached hydrogen (secondary N) is 2. The molecule has 0 aliphatic carbocycles. The second kappa shape index (κ2) is 10.6. The molecule has 0 saturated carbocycles. The number of amides is 1. The van der Waals surface area contributed by atoms with Gasteiger partial charge in [0, 0.05) is 12.1 Å². The van der Waals surface area contributed by atoms with Gasteiger partial charge in [-0.05, 0) is 67.8 Å². The Hall–Kier alpha value is -3.32. The normalized spacial score (nSPS) is 11.0. The summed E-state index contributed by atoms with van der Waals surface area (Å²) in [6.45, 7) is 2.56. The van der Waals surface area contributed by atoms with E-state index < -0.39 is 10.0 Å². The van der Waals surface area contributed by atoms with E-state index >= 15 is 0 Å². The van der Waals surface area contributed by atoms with Crippen LogP contribution < -0.4 is 14.8 Å². The van der Waals surface area contributed by atoms with Gasteiger partial charge in [0.1, 0.15) is 5.75 Å².